The summed E-state index contributed by atoms with van der Waals surface area (Å²) in [5.74, 6) is 0.761. The molecule has 0 radical (unpaired) electrons. The number of hydrogen-bond donors (Lipinski definition) is 2. The van der Waals surface area contributed by atoms with Gasteiger partial charge >= 0.3 is 0 Å². The van der Waals surface area contributed by atoms with Gasteiger partial charge in [0, 0.05) is 6.54 Å². The minimum absolute atomic E-state index is 0.198. The Labute approximate surface area is 67.1 Å². The van der Waals surface area contributed by atoms with Crippen LogP contribution in [0.4, 0.5) is 0 Å². The molecule has 2 N–H and O–H groups in total. The molecule has 0 aliphatic carbocycles. The van der Waals surface area contributed by atoms with Crippen molar-refractivity contribution in [3.63, 3.8) is 0 Å². The second kappa shape index (κ2) is 3.74. The van der Waals surface area contributed by atoms with Crippen LogP contribution in [0.2, 0.25) is 0 Å². The number of methoxy groups -OCH3 is 1. The van der Waals surface area contributed by atoms with Crippen molar-refractivity contribution >= 4 is 0 Å². The van der Waals surface area contributed by atoms with Gasteiger partial charge in [0.25, 0.3) is 0 Å². The fourth-order valence-electron chi connectivity index (χ4n) is 1.26. The first-order valence-corrected chi connectivity index (χ1v) is 3.88. The van der Waals surface area contributed by atoms with E-state index in [1.54, 1.807) is 7.11 Å². The van der Waals surface area contributed by atoms with Gasteiger partial charge in [0.05, 0.1) is 19.3 Å². The van der Waals surface area contributed by atoms with Gasteiger partial charge in [-0.15, -0.1) is 0 Å². The Balaban J connectivity index is 2.33. The molecular weight excluding hydrogens is 142 g/mol. The van der Waals surface area contributed by atoms with Crippen molar-refractivity contribution in [1.82, 2.24) is 5.32 Å². The number of ether oxygens (including phenoxy) is 1. The molecule has 1 aliphatic heterocycles. The standard InChI is InChI=1S/C8H15NO2/c1-6(11-2)8-4-3-7(10)5-9-8/h7-10H,1,3-5H2,2H3. The molecule has 0 aromatic rings. The summed E-state index contributed by atoms with van der Waals surface area (Å²) >= 11 is 0. The maximum atomic E-state index is 9.15. The second-order valence-corrected chi connectivity index (χ2v) is 2.86. The first kappa shape index (κ1) is 8.56. The quantitative estimate of drug-likeness (QED) is 0.565. The molecule has 1 rings (SSSR count). The number of rotatable bonds is 2. The highest BCUT2D eigenvalue weighted by Crippen LogP contribution is 2.13. The molecule has 11 heavy (non-hydrogen) atoms. The van der Waals surface area contributed by atoms with Crippen molar-refractivity contribution in [2.24, 2.45) is 0 Å². The molecule has 1 fully saturated rings. The number of piperidine rings is 1. The lowest BCUT2D eigenvalue weighted by atomic mass is 10.0. The lowest BCUT2D eigenvalue weighted by Crippen LogP contribution is -2.42. The van der Waals surface area contributed by atoms with Crippen LogP contribution >= 0.6 is 0 Å². The van der Waals surface area contributed by atoms with Gasteiger partial charge in [-0.05, 0) is 12.8 Å². The van der Waals surface area contributed by atoms with Crippen molar-refractivity contribution in [3.8, 4) is 0 Å². The van der Waals surface area contributed by atoms with Gasteiger partial charge in [0.15, 0.2) is 0 Å². The Bertz CT molecular complexity index is 139. The van der Waals surface area contributed by atoms with Crippen LogP contribution in [0.25, 0.3) is 0 Å². The Morgan fingerprint density at radius 3 is 2.82 bits per heavy atom. The zero-order valence-electron chi connectivity index (χ0n) is 6.84. The number of aliphatic hydroxyl groups excluding tert-OH is 1. The molecule has 0 amide bonds. The van der Waals surface area contributed by atoms with Crippen LogP contribution in [0.5, 0.6) is 0 Å². The predicted octanol–water partition coefficient (Wildman–Crippen LogP) is 0.259. The molecule has 2 atom stereocenters. The molecule has 0 aromatic carbocycles. The van der Waals surface area contributed by atoms with Gasteiger partial charge in [-0.2, -0.15) is 0 Å². The summed E-state index contributed by atoms with van der Waals surface area (Å²) in [7, 11) is 1.62. The van der Waals surface area contributed by atoms with Gasteiger partial charge in [-0.1, -0.05) is 6.58 Å². The molecule has 64 valence electrons. The third-order valence-electron chi connectivity index (χ3n) is 2.04. The highest BCUT2D eigenvalue weighted by atomic mass is 16.5. The highest BCUT2D eigenvalue weighted by Gasteiger charge is 2.20. The van der Waals surface area contributed by atoms with E-state index in [0.717, 1.165) is 18.6 Å². The Morgan fingerprint density at radius 2 is 2.36 bits per heavy atom. The van der Waals surface area contributed by atoms with Crippen molar-refractivity contribution in [1.29, 1.82) is 0 Å². The van der Waals surface area contributed by atoms with E-state index in [0.29, 0.717) is 6.54 Å². The Morgan fingerprint density at radius 1 is 1.64 bits per heavy atom. The van der Waals surface area contributed by atoms with Crippen molar-refractivity contribution in [2.45, 2.75) is 25.0 Å². The summed E-state index contributed by atoms with van der Waals surface area (Å²) in [6.45, 7) is 4.40. The van der Waals surface area contributed by atoms with Crippen LogP contribution in [0, 0.1) is 0 Å². The lowest BCUT2D eigenvalue weighted by molar-refractivity contribution is 0.118. The number of aliphatic hydroxyl groups is 1. The van der Waals surface area contributed by atoms with Crippen LogP contribution in [0.15, 0.2) is 12.3 Å². The van der Waals surface area contributed by atoms with E-state index in [2.05, 4.69) is 11.9 Å². The molecule has 0 spiro atoms. The van der Waals surface area contributed by atoms with Crippen molar-refractivity contribution in [2.75, 3.05) is 13.7 Å². The van der Waals surface area contributed by atoms with Crippen LogP contribution in [0.1, 0.15) is 12.8 Å². The average Bonchev–Trinajstić information content (AvgIpc) is 2.05. The number of β-amino-alcohol motifs (C(OH)–C–C–N with tert-alkyl or cyclic N) is 1. The van der Waals surface area contributed by atoms with Crippen LogP contribution in [-0.4, -0.2) is 30.9 Å². The zero-order chi connectivity index (χ0) is 8.27. The molecular formula is C8H15NO2. The van der Waals surface area contributed by atoms with Gasteiger partial charge in [0.2, 0.25) is 0 Å². The van der Waals surface area contributed by atoms with E-state index >= 15 is 0 Å². The topological polar surface area (TPSA) is 41.5 Å². The zero-order valence-corrected chi connectivity index (χ0v) is 6.84. The molecule has 1 aliphatic rings. The summed E-state index contributed by atoms with van der Waals surface area (Å²) in [5.41, 5.74) is 0. The third kappa shape index (κ3) is 2.20. The fourth-order valence-corrected chi connectivity index (χ4v) is 1.26. The molecule has 1 heterocycles. The van der Waals surface area contributed by atoms with E-state index in [4.69, 9.17) is 9.84 Å². The number of hydrogen-bond acceptors (Lipinski definition) is 3. The van der Waals surface area contributed by atoms with Gasteiger partial charge < -0.3 is 15.2 Å². The van der Waals surface area contributed by atoms with Crippen molar-refractivity contribution in [3.05, 3.63) is 12.3 Å². The van der Waals surface area contributed by atoms with Crippen LogP contribution in [-0.2, 0) is 4.74 Å². The summed E-state index contributed by atoms with van der Waals surface area (Å²) in [6.07, 6.45) is 1.55. The summed E-state index contributed by atoms with van der Waals surface area (Å²) in [5, 5.41) is 12.3. The summed E-state index contributed by atoms with van der Waals surface area (Å²) < 4.78 is 4.99. The van der Waals surface area contributed by atoms with Crippen LogP contribution < -0.4 is 5.32 Å². The molecule has 1 saturated heterocycles. The van der Waals surface area contributed by atoms with Crippen LogP contribution in [0.3, 0.4) is 0 Å². The molecule has 0 saturated carbocycles. The first-order chi connectivity index (χ1) is 5.24. The lowest BCUT2D eigenvalue weighted by Gasteiger charge is -2.27. The summed E-state index contributed by atoms with van der Waals surface area (Å²) in [4.78, 5) is 0. The molecule has 0 aromatic heterocycles. The minimum atomic E-state index is -0.198. The molecule has 2 unspecified atom stereocenters. The normalized spacial score (nSPS) is 31.5. The van der Waals surface area contributed by atoms with E-state index in [-0.39, 0.29) is 12.1 Å². The maximum absolute atomic E-state index is 9.15. The SMILES string of the molecule is C=C(OC)C1CCC(O)CN1. The average molecular weight is 157 g/mol. The van der Waals surface area contributed by atoms with E-state index < -0.39 is 0 Å². The minimum Gasteiger partial charge on any atom is -0.500 e. The molecule has 0 bridgehead atoms. The summed E-state index contributed by atoms with van der Waals surface area (Å²) in [6, 6.07) is 0.225. The fraction of sp³-hybridized carbons (Fsp3) is 0.750. The monoisotopic (exact) mass is 157 g/mol. The van der Waals surface area contributed by atoms with Gasteiger partial charge in [-0.3, -0.25) is 0 Å². The second-order valence-electron chi connectivity index (χ2n) is 2.86. The van der Waals surface area contributed by atoms with Crippen molar-refractivity contribution < 1.29 is 9.84 Å². The predicted molar refractivity (Wildman–Crippen MR) is 43.2 cm³/mol. The number of nitrogens with one attached hydrogen (secondary N) is 1. The van der Waals surface area contributed by atoms with Gasteiger partial charge in [-0.25, -0.2) is 0 Å². The van der Waals surface area contributed by atoms with E-state index in [1.165, 1.54) is 0 Å². The largest absolute Gasteiger partial charge is 0.500 e. The highest BCUT2D eigenvalue weighted by molar-refractivity contribution is 4.99. The third-order valence-corrected chi connectivity index (χ3v) is 2.04. The first-order valence-electron chi connectivity index (χ1n) is 3.88. The Kier molecular flexibility index (Phi) is 2.91. The smallest absolute Gasteiger partial charge is 0.105 e. The Hall–Kier alpha value is -0.540. The molecule has 3 heteroatoms. The molecule has 3 nitrogen and oxygen atoms in total. The van der Waals surface area contributed by atoms with Gasteiger partial charge in [0.1, 0.15) is 5.76 Å². The van der Waals surface area contributed by atoms with E-state index in [1.807, 2.05) is 0 Å². The van der Waals surface area contributed by atoms with E-state index in [9.17, 15) is 0 Å². The maximum Gasteiger partial charge on any atom is 0.105 e.